The van der Waals surface area contributed by atoms with Crippen LogP contribution in [0.25, 0.3) is 88.0 Å². The molecular formula is C44H28O. The molecule has 0 fully saturated rings. The standard InChI is InChI=1S/C44H28O/c1-3-15-29(16-4-1)31-19-7-8-21-33(31)42-34-22-9-11-24-36(34)43(37-25-12-10-23-35(37)42)39-28-27-38-32-20-13-14-26-40(32)45-44(38)41(39)30-17-5-2-6-18-30/h1-28H/i13D,14D,20D,26D,27D,28D. The van der Waals surface area contributed by atoms with Gasteiger partial charge in [-0.3, -0.25) is 0 Å². The predicted octanol–water partition coefficient (Wildman–Crippen LogP) is 12.6. The summed E-state index contributed by atoms with van der Waals surface area (Å²) in [5, 5.41) is 4.10. The Morgan fingerprint density at radius 1 is 0.356 bits per heavy atom. The Morgan fingerprint density at radius 2 is 0.867 bits per heavy atom. The van der Waals surface area contributed by atoms with Crippen LogP contribution >= 0.6 is 0 Å². The van der Waals surface area contributed by atoms with Crippen LogP contribution in [0.1, 0.15) is 8.22 Å². The molecule has 0 bridgehead atoms. The zero-order valence-corrected chi connectivity index (χ0v) is 24.1. The lowest BCUT2D eigenvalue weighted by atomic mass is 9.82. The van der Waals surface area contributed by atoms with E-state index in [1.165, 1.54) is 0 Å². The molecule has 1 nitrogen and oxygen atoms in total. The second-order valence-corrected chi connectivity index (χ2v) is 11.1. The summed E-state index contributed by atoms with van der Waals surface area (Å²) in [6.07, 6.45) is 0. The highest BCUT2D eigenvalue weighted by atomic mass is 16.3. The number of benzene rings is 8. The Kier molecular flexibility index (Phi) is 4.63. The number of hydrogen-bond donors (Lipinski definition) is 0. The van der Waals surface area contributed by atoms with Gasteiger partial charge >= 0.3 is 0 Å². The quantitative estimate of drug-likeness (QED) is 0.189. The average molecular weight is 579 g/mol. The minimum absolute atomic E-state index is 0.0270. The number of hydrogen-bond acceptors (Lipinski definition) is 1. The van der Waals surface area contributed by atoms with E-state index in [4.69, 9.17) is 9.90 Å². The first-order valence-electron chi connectivity index (χ1n) is 18.0. The Labute approximate surface area is 270 Å². The van der Waals surface area contributed by atoms with Gasteiger partial charge in [0.15, 0.2) is 0 Å². The van der Waals surface area contributed by atoms with Crippen LogP contribution in [0, 0.1) is 0 Å². The fraction of sp³-hybridized carbons (Fsp3) is 0. The molecule has 9 aromatic rings. The summed E-state index contributed by atoms with van der Waals surface area (Å²) in [4.78, 5) is 0. The van der Waals surface area contributed by atoms with Crippen LogP contribution in [0.3, 0.4) is 0 Å². The normalized spacial score (nSPS) is 13.4. The van der Waals surface area contributed by atoms with Gasteiger partial charge in [-0.25, -0.2) is 0 Å². The van der Waals surface area contributed by atoms with E-state index in [2.05, 4.69) is 60.7 Å². The zero-order valence-electron chi connectivity index (χ0n) is 30.1. The second-order valence-electron chi connectivity index (χ2n) is 11.1. The topological polar surface area (TPSA) is 13.1 Å². The maximum Gasteiger partial charge on any atom is 0.143 e. The maximum absolute atomic E-state index is 9.73. The van der Waals surface area contributed by atoms with Crippen LogP contribution in [0.15, 0.2) is 174 Å². The maximum atomic E-state index is 9.73. The number of furan rings is 1. The van der Waals surface area contributed by atoms with Crippen LogP contribution in [0.2, 0.25) is 0 Å². The first-order chi connectivity index (χ1) is 24.9. The van der Waals surface area contributed by atoms with Crippen molar-refractivity contribution in [1.82, 2.24) is 0 Å². The molecule has 45 heavy (non-hydrogen) atoms. The minimum atomic E-state index is -0.408. The van der Waals surface area contributed by atoms with Gasteiger partial charge in [0.1, 0.15) is 11.2 Å². The van der Waals surface area contributed by atoms with Crippen molar-refractivity contribution in [2.45, 2.75) is 0 Å². The minimum Gasteiger partial charge on any atom is -0.455 e. The van der Waals surface area contributed by atoms with Gasteiger partial charge in [-0.1, -0.05) is 158 Å². The molecule has 0 atom stereocenters. The van der Waals surface area contributed by atoms with Crippen molar-refractivity contribution in [2.24, 2.45) is 0 Å². The molecular weight excluding hydrogens is 544 g/mol. The first-order valence-corrected chi connectivity index (χ1v) is 15.0. The van der Waals surface area contributed by atoms with Crippen LogP contribution in [-0.2, 0) is 0 Å². The summed E-state index contributed by atoms with van der Waals surface area (Å²) in [5.41, 5.74) is 7.17. The molecule has 0 N–H and O–H groups in total. The molecule has 0 aliphatic heterocycles. The highest BCUT2D eigenvalue weighted by Gasteiger charge is 2.23. The molecule has 0 saturated carbocycles. The lowest BCUT2D eigenvalue weighted by Gasteiger charge is -2.21. The predicted molar refractivity (Wildman–Crippen MR) is 190 cm³/mol. The molecule has 1 heterocycles. The molecule has 8 aromatic carbocycles. The molecule has 9 rings (SSSR count). The molecule has 0 spiro atoms. The Bertz CT molecular complexity index is 2800. The van der Waals surface area contributed by atoms with E-state index in [-0.39, 0.29) is 46.1 Å². The second kappa shape index (κ2) is 10.4. The Hall–Kier alpha value is -5.92. The summed E-state index contributed by atoms with van der Waals surface area (Å²) >= 11 is 0. The molecule has 0 aliphatic carbocycles. The van der Waals surface area contributed by atoms with Crippen LogP contribution in [-0.4, -0.2) is 0 Å². The Morgan fingerprint density at radius 3 is 1.51 bits per heavy atom. The van der Waals surface area contributed by atoms with E-state index in [0.29, 0.717) is 11.1 Å². The summed E-state index contributed by atoms with van der Waals surface area (Å²) < 4.78 is 59.8. The SMILES string of the molecule is [2H]c1c([2H])c([2H])c2c(oc3c(-c4ccccc4)c(-c4c5ccccc5c(-c5ccccc5-c5ccccc5)c5ccccc45)c([2H])c([2H])c32)c1[2H]. The van der Waals surface area contributed by atoms with Gasteiger partial charge in [0.05, 0.1) is 8.22 Å². The summed E-state index contributed by atoms with van der Waals surface area (Å²) in [6, 6.07) is 43.1. The molecule has 0 radical (unpaired) electrons. The third kappa shape index (κ3) is 4.02. The first kappa shape index (κ1) is 20.1. The van der Waals surface area contributed by atoms with E-state index >= 15 is 0 Å². The van der Waals surface area contributed by atoms with E-state index in [9.17, 15) is 2.74 Å². The van der Waals surface area contributed by atoms with Crippen molar-refractivity contribution in [1.29, 1.82) is 0 Å². The molecule has 210 valence electrons. The third-order valence-electron chi connectivity index (χ3n) is 8.65. The zero-order chi connectivity index (χ0) is 35.0. The smallest absolute Gasteiger partial charge is 0.143 e. The van der Waals surface area contributed by atoms with Gasteiger partial charge in [0, 0.05) is 16.3 Å². The van der Waals surface area contributed by atoms with Gasteiger partial charge in [-0.2, -0.15) is 0 Å². The monoisotopic (exact) mass is 578 g/mol. The molecule has 1 aromatic heterocycles. The largest absolute Gasteiger partial charge is 0.455 e. The highest BCUT2D eigenvalue weighted by molar-refractivity contribution is 6.25. The number of fused-ring (bicyclic) bond motifs is 5. The number of para-hydroxylation sites is 1. The van der Waals surface area contributed by atoms with Crippen molar-refractivity contribution < 1.29 is 12.6 Å². The van der Waals surface area contributed by atoms with Crippen LogP contribution < -0.4 is 0 Å². The van der Waals surface area contributed by atoms with Gasteiger partial charge in [-0.05, 0) is 72.6 Å². The molecule has 0 unspecified atom stereocenters. The van der Waals surface area contributed by atoms with E-state index in [0.717, 1.165) is 54.9 Å². The van der Waals surface area contributed by atoms with Crippen molar-refractivity contribution in [2.75, 3.05) is 0 Å². The van der Waals surface area contributed by atoms with E-state index in [1.807, 2.05) is 72.8 Å². The summed E-state index contributed by atoms with van der Waals surface area (Å²) in [7, 11) is 0. The number of rotatable bonds is 4. The highest BCUT2D eigenvalue weighted by Crippen LogP contribution is 2.49. The van der Waals surface area contributed by atoms with Crippen molar-refractivity contribution >= 4 is 43.5 Å². The van der Waals surface area contributed by atoms with Crippen LogP contribution in [0.4, 0.5) is 0 Å². The van der Waals surface area contributed by atoms with E-state index < -0.39 is 12.1 Å². The van der Waals surface area contributed by atoms with Crippen molar-refractivity contribution in [3.05, 3.63) is 170 Å². The molecule has 0 saturated heterocycles. The lowest BCUT2D eigenvalue weighted by molar-refractivity contribution is 0.670. The van der Waals surface area contributed by atoms with Crippen molar-refractivity contribution in [3.63, 3.8) is 0 Å². The summed E-state index contributed by atoms with van der Waals surface area (Å²) in [6.45, 7) is 0. The fourth-order valence-electron chi connectivity index (χ4n) is 6.74. The lowest BCUT2D eigenvalue weighted by Crippen LogP contribution is -1.94. The molecule has 0 amide bonds. The van der Waals surface area contributed by atoms with Gasteiger partial charge in [-0.15, -0.1) is 0 Å². The van der Waals surface area contributed by atoms with Gasteiger partial charge in [0.25, 0.3) is 0 Å². The van der Waals surface area contributed by atoms with Crippen LogP contribution in [0.5, 0.6) is 0 Å². The Balaban J connectivity index is 1.49. The van der Waals surface area contributed by atoms with Gasteiger partial charge in [0.2, 0.25) is 0 Å². The van der Waals surface area contributed by atoms with E-state index in [1.54, 1.807) is 0 Å². The summed E-state index contributed by atoms with van der Waals surface area (Å²) in [5.74, 6) is 0. The fourth-order valence-corrected chi connectivity index (χ4v) is 6.74. The third-order valence-corrected chi connectivity index (χ3v) is 8.65. The molecule has 0 aliphatic rings. The van der Waals surface area contributed by atoms with Gasteiger partial charge < -0.3 is 4.42 Å². The average Bonchev–Trinajstić information content (AvgIpc) is 3.58. The molecule has 1 heteroatoms. The van der Waals surface area contributed by atoms with Crippen molar-refractivity contribution in [3.8, 4) is 44.5 Å².